The van der Waals surface area contributed by atoms with Crippen molar-refractivity contribution in [2.24, 2.45) is 11.8 Å². The zero-order chi connectivity index (χ0) is 22.5. The van der Waals surface area contributed by atoms with Gasteiger partial charge in [-0.1, -0.05) is 40.5 Å². The minimum absolute atomic E-state index is 0.0132. The van der Waals surface area contributed by atoms with E-state index < -0.39 is 39.9 Å². The molecule has 9 heteroatoms. The summed E-state index contributed by atoms with van der Waals surface area (Å²) in [5.41, 5.74) is -0.518. The maximum Gasteiger partial charge on any atom is 0.341 e. The first-order valence-electron chi connectivity index (χ1n) is 10.4. The molecule has 1 aromatic rings. The predicted octanol–water partition coefficient (Wildman–Crippen LogP) is 2.95. The number of sulfonamides is 1. The van der Waals surface area contributed by atoms with Crippen LogP contribution < -0.4 is 5.32 Å². The second-order valence-electron chi connectivity index (χ2n) is 7.75. The Kier molecular flexibility index (Phi) is 8.37. The monoisotopic (exact) mass is 442 g/mol. The molecule has 1 fully saturated rings. The number of benzene rings is 1. The fraction of sp³-hybridized carbons (Fsp3) is 0.619. The first-order valence-corrected chi connectivity index (χ1v) is 11.8. The third-order valence-corrected chi connectivity index (χ3v) is 7.93. The number of carbonyl (C=O) groups is 2. The first-order chi connectivity index (χ1) is 14.1. The van der Waals surface area contributed by atoms with Gasteiger partial charge in [-0.15, -0.1) is 0 Å². The van der Waals surface area contributed by atoms with Crippen LogP contribution in [0.3, 0.4) is 0 Å². The van der Waals surface area contributed by atoms with Gasteiger partial charge in [0.25, 0.3) is 5.91 Å². The molecule has 168 valence electrons. The largest absolute Gasteiger partial charge is 0.452 e. The number of nitrogens with one attached hydrogen (secondary N) is 1. The molecule has 7 nitrogen and oxygen atoms in total. The first kappa shape index (κ1) is 24.3. The molecule has 0 aliphatic heterocycles. The van der Waals surface area contributed by atoms with E-state index in [9.17, 15) is 22.4 Å². The lowest BCUT2D eigenvalue weighted by Gasteiger charge is -2.34. The highest BCUT2D eigenvalue weighted by atomic mass is 32.2. The molecule has 3 unspecified atom stereocenters. The minimum atomic E-state index is -3.86. The average Bonchev–Trinajstić information content (AvgIpc) is 2.70. The smallest absolute Gasteiger partial charge is 0.341 e. The molecule has 1 aliphatic carbocycles. The zero-order valence-electron chi connectivity index (χ0n) is 18.0. The normalized spacial score (nSPS) is 22.0. The predicted molar refractivity (Wildman–Crippen MR) is 111 cm³/mol. The van der Waals surface area contributed by atoms with Crippen LogP contribution in [0.15, 0.2) is 23.1 Å². The van der Waals surface area contributed by atoms with E-state index in [1.165, 1.54) is 4.31 Å². The van der Waals surface area contributed by atoms with E-state index in [2.05, 4.69) is 19.2 Å². The molecule has 0 spiro atoms. The van der Waals surface area contributed by atoms with Crippen LogP contribution in [0, 0.1) is 17.7 Å². The number of hydrogen-bond acceptors (Lipinski definition) is 5. The highest BCUT2D eigenvalue weighted by Gasteiger charge is 2.29. The lowest BCUT2D eigenvalue weighted by atomic mass is 9.78. The van der Waals surface area contributed by atoms with Gasteiger partial charge in [-0.25, -0.2) is 17.6 Å². The molecule has 0 aromatic heterocycles. The lowest BCUT2D eigenvalue weighted by molar-refractivity contribution is -0.125. The quantitative estimate of drug-likeness (QED) is 0.625. The van der Waals surface area contributed by atoms with Gasteiger partial charge in [0.1, 0.15) is 5.82 Å². The van der Waals surface area contributed by atoms with E-state index >= 15 is 0 Å². The standard InChI is InChI=1S/C21H31FN2O5S/c1-5-24(6-2)30(27,28)16-10-11-18(22)17(12-16)21(26)29-13-20(25)23-19-9-7-8-14(3)15(19)4/h10-12,14-15,19H,5-9,13H2,1-4H3,(H,23,25). The molecule has 0 bridgehead atoms. The SMILES string of the molecule is CCN(CC)S(=O)(=O)c1ccc(F)c(C(=O)OCC(=O)NC2CCCC(C)C2C)c1. The maximum atomic E-state index is 14.2. The Hall–Kier alpha value is -2.00. The summed E-state index contributed by atoms with van der Waals surface area (Å²) in [7, 11) is -3.86. The molecule has 0 saturated heterocycles. The molecule has 3 atom stereocenters. The molecule has 1 aliphatic rings. The lowest BCUT2D eigenvalue weighted by Crippen LogP contribution is -2.45. The summed E-state index contributed by atoms with van der Waals surface area (Å²) < 4.78 is 45.5. The van der Waals surface area contributed by atoms with E-state index in [-0.39, 0.29) is 24.0 Å². The number of carbonyl (C=O) groups excluding carboxylic acids is 2. The van der Waals surface area contributed by atoms with E-state index in [4.69, 9.17) is 4.74 Å². The Labute approximate surface area is 178 Å². The van der Waals surface area contributed by atoms with Gasteiger partial charge in [-0.05, 0) is 36.5 Å². The van der Waals surface area contributed by atoms with Gasteiger partial charge in [0.15, 0.2) is 6.61 Å². The topological polar surface area (TPSA) is 92.8 Å². The molecule has 1 aromatic carbocycles. The molecular weight excluding hydrogens is 411 g/mol. The van der Waals surface area contributed by atoms with E-state index in [0.717, 1.165) is 37.5 Å². The highest BCUT2D eigenvalue weighted by molar-refractivity contribution is 7.89. The number of halogens is 1. The van der Waals surface area contributed by atoms with Crippen molar-refractivity contribution in [3.63, 3.8) is 0 Å². The summed E-state index contributed by atoms with van der Waals surface area (Å²) in [4.78, 5) is 24.3. The van der Waals surface area contributed by atoms with Crippen LogP contribution in [-0.2, 0) is 19.6 Å². The Bertz CT molecular complexity index is 870. The Morgan fingerprint density at radius 2 is 1.87 bits per heavy atom. The number of hydrogen-bond donors (Lipinski definition) is 1. The Morgan fingerprint density at radius 1 is 1.20 bits per heavy atom. The molecule has 1 saturated carbocycles. The Balaban J connectivity index is 2.05. The number of ether oxygens (including phenoxy) is 1. The molecule has 1 amide bonds. The maximum absolute atomic E-state index is 14.2. The Morgan fingerprint density at radius 3 is 2.50 bits per heavy atom. The third kappa shape index (κ3) is 5.57. The van der Waals surface area contributed by atoms with Gasteiger partial charge in [0, 0.05) is 19.1 Å². The molecular formula is C21H31FN2O5S. The number of amides is 1. The van der Waals surface area contributed by atoms with E-state index in [1.54, 1.807) is 13.8 Å². The van der Waals surface area contributed by atoms with Gasteiger partial charge >= 0.3 is 5.97 Å². The molecule has 1 N–H and O–H groups in total. The van der Waals surface area contributed by atoms with Crippen molar-refractivity contribution in [3.8, 4) is 0 Å². The van der Waals surface area contributed by atoms with Gasteiger partial charge in [0.05, 0.1) is 10.5 Å². The van der Waals surface area contributed by atoms with E-state index in [1.807, 2.05) is 0 Å². The molecule has 0 heterocycles. The second kappa shape index (κ2) is 10.3. The van der Waals surface area contributed by atoms with Crippen molar-refractivity contribution in [1.82, 2.24) is 9.62 Å². The molecule has 0 radical (unpaired) electrons. The second-order valence-corrected chi connectivity index (χ2v) is 9.69. The van der Waals surface area contributed by atoms with Gasteiger partial charge in [0.2, 0.25) is 10.0 Å². The van der Waals surface area contributed by atoms with Gasteiger partial charge in [-0.2, -0.15) is 4.31 Å². The highest BCUT2D eigenvalue weighted by Crippen LogP contribution is 2.29. The molecule has 2 rings (SSSR count). The third-order valence-electron chi connectivity index (χ3n) is 5.89. The van der Waals surface area contributed by atoms with Crippen LogP contribution in [-0.4, -0.2) is 50.3 Å². The summed E-state index contributed by atoms with van der Waals surface area (Å²) in [6.45, 7) is 7.53. The van der Waals surface area contributed by atoms with Gasteiger partial charge < -0.3 is 10.1 Å². The van der Waals surface area contributed by atoms with E-state index in [0.29, 0.717) is 11.8 Å². The van der Waals surface area contributed by atoms with Crippen molar-refractivity contribution in [2.75, 3.05) is 19.7 Å². The van der Waals surface area contributed by atoms with Crippen LogP contribution in [0.5, 0.6) is 0 Å². The van der Waals surface area contributed by atoms with Crippen molar-refractivity contribution in [3.05, 3.63) is 29.6 Å². The van der Waals surface area contributed by atoms with Crippen molar-refractivity contribution < 1.29 is 27.1 Å². The van der Waals surface area contributed by atoms with Crippen molar-refractivity contribution in [2.45, 2.75) is 57.9 Å². The van der Waals surface area contributed by atoms with Crippen LogP contribution >= 0.6 is 0 Å². The van der Waals surface area contributed by atoms with Crippen molar-refractivity contribution in [1.29, 1.82) is 0 Å². The van der Waals surface area contributed by atoms with Crippen molar-refractivity contribution >= 4 is 21.9 Å². The number of nitrogens with zero attached hydrogens (tertiary/aromatic N) is 1. The van der Waals surface area contributed by atoms with Crippen LogP contribution in [0.2, 0.25) is 0 Å². The summed E-state index contributed by atoms with van der Waals surface area (Å²) in [6, 6.07) is 2.99. The van der Waals surface area contributed by atoms with Crippen LogP contribution in [0.1, 0.15) is 57.3 Å². The average molecular weight is 443 g/mol. The minimum Gasteiger partial charge on any atom is -0.452 e. The fourth-order valence-electron chi connectivity index (χ4n) is 3.78. The van der Waals surface area contributed by atoms with Crippen LogP contribution in [0.4, 0.5) is 4.39 Å². The number of rotatable bonds is 8. The number of esters is 1. The summed E-state index contributed by atoms with van der Waals surface area (Å²) in [5.74, 6) is -1.63. The van der Waals surface area contributed by atoms with Gasteiger partial charge in [-0.3, -0.25) is 4.79 Å². The molecule has 30 heavy (non-hydrogen) atoms. The summed E-state index contributed by atoms with van der Waals surface area (Å²) >= 11 is 0. The summed E-state index contributed by atoms with van der Waals surface area (Å²) in [5, 5.41) is 2.87. The fourth-order valence-corrected chi connectivity index (χ4v) is 5.26. The summed E-state index contributed by atoms with van der Waals surface area (Å²) in [6.07, 6.45) is 3.01. The van der Waals surface area contributed by atoms with Crippen LogP contribution in [0.25, 0.3) is 0 Å². The zero-order valence-corrected chi connectivity index (χ0v) is 18.8.